The molecule has 1 amide bonds. The second-order valence-electron chi connectivity index (χ2n) is 5.85. The fraction of sp³-hybridized carbons (Fsp3) is 0.105. The molecule has 0 aliphatic heterocycles. The van der Waals surface area contributed by atoms with E-state index in [-0.39, 0.29) is 11.7 Å². The van der Waals surface area contributed by atoms with Crippen LogP contribution in [0.25, 0.3) is 16.3 Å². The van der Waals surface area contributed by atoms with Crippen molar-refractivity contribution in [2.75, 3.05) is 6.54 Å². The van der Waals surface area contributed by atoms with Crippen molar-refractivity contribution in [1.82, 2.24) is 19.9 Å². The van der Waals surface area contributed by atoms with Gasteiger partial charge in [0, 0.05) is 28.9 Å². The Balaban J connectivity index is 1.47. The van der Waals surface area contributed by atoms with E-state index in [1.807, 2.05) is 5.38 Å². The summed E-state index contributed by atoms with van der Waals surface area (Å²) in [5, 5.41) is 9.73. The standard InChI is InChI=1S/C19H14ClFN4OS/c20-13-5-3-4-12(10-13)18(26)22-9-8-14-11-27-19-23-17(24-25(14)19)15-6-1-2-7-16(15)21/h1-7,10-11H,8-9H2,(H,22,26). The SMILES string of the molecule is O=C(NCCc1csc2nc(-c3ccccc3F)nn12)c1cccc(Cl)c1. The number of amides is 1. The summed E-state index contributed by atoms with van der Waals surface area (Å²) in [4.78, 5) is 17.2. The monoisotopic (exact) mass is 400 g/mol. The number of hydrogen-bond donors (Lipinski definition) is 1. The fourth-order valence-electron chi connectivity index (χ4n) is 2.69. The summed E-state index contributed by atoms with van der Waals surface area (Å²) >= 11 is 7.34. The number of carbonyl (C=O) groups is 1. The van der Waals surface area contributed by atoms with Gasteiger partial charge in [-0.05, 0) is 30.3 Å². The number of hydrogen-bond acceptors (Lipinski definition) is 4. The van der Waals surface area contributed by atoms with E-state index in [1.54, 1.807) is 47.0 Å². The molecule has 0 saturated carbocycles. The zero-order chi connectivity index (χ0) is 18.8. The first kappa shape index (κ1) is 17.6. The molecule has 0 radical (unpaired) electrons. The van der Waals surface area contributed by atoms with Gasteiger partial charge in [-0.3, -0.25) is 4.79 Å². The van der Waals surface area contributed by atoms with Crippen molar-refractivity contribution in [3.8, 4) is 11.4 Å². The lowest BCUT2D eigenvalue weighted by Gasteiger charge is -2.05. The molecular weight excluding hydrogens is 387 g/mol. The van der Waals surface area contributed by atoms with E-state index in [4.69, 9.17) is 11.6 Å². The van der Waals surface area contributed by atoms with Crippen molar-refractivity contribution >= 4 is 33.8 Å². The molecule has 0 saturated heterocycles. The lowest BCUT2D eigenvalue weighted by Crippen LogP contribution is -2.26. The van der Waals surface area contributed by atoms with Gasteiger partial charge in [0.2, 0.25) is 4.96 Å². The highest BCUT2D eigenvalue weighted by Crippen LogP contribution is 2.23. The van der Waals surface area contributed by atoms with Crippen LogP contribution in [0.3, 0.4) is 0 Å². The van der Waals surface area contributed by atoms with Gasteiger partial charge in [0.1, 0.15) is 5.82 Å². The van der Waals surface area contributed by atoms with Gasteiger partial charge in [-0.2, -0.15) is 4.98 Å². The highest BCUT2D eigenvalue weighted by molar-refractivity contribution is 7.15. The number of nitrogens with one attached hydrogen (secondary N) is 1. The quantitative estimate of drug-likeness (QED) is 0.545. The summed E-state index contributed by atoms with van der Waals surface area (Å²) in [6.45, 7) is 0.437. The van der Waals surface area contributed by atoms with Gasteiger partial charge in [0.05, 0.1) is 11.3 Å². The molecule has 4 rings (SSSR count). The van der Waals surface area contributed by atoms with Crippen LogP contribution in [0, 0.1) is 5.82 Å². The number of aromatic nitrogens is 3. The first-order valence-electron chi connectivity index (χ1n) is 8.23. The molecule has 5 nitrogen and oxygen atoms in total. The summed E-state index contributed by atoms with van der Waals surface area (Å²) in [5.41, 5.74) is 1.78. The molecule has 0 atom stereocenters. The van der Waals surface area contributed by atoms with Gasteiger partial charge < -0.3 is 5.32 Å². The van der Waals surface area contributed by atoms with Crippen LogP contribution in [0.1, 0.15) is 16.1 Å². The van der Waals surface area contributed by atoms with Crippen LogP contribution in [-0.4, -0.2) is 27.0 Å². The smallest absolute Gasteiger partial charge is 0.251 e. The summed E-state index contributed by atoms with van der Waals surface area (Å²) in [6, 6.07) is 13.2. The second-order valence-corrected chi connectivity index (χ2v) is 7.13. The van der Waals surface area contributed by atoms with E-state index in [9.17, 15) is 9.18 Å². The van der Waals surface area contributed by atoms with E-state index in [2.05, 4.69) is 15.4 Å². The second kappa shape index (κ2) is 7.46. The fourth-order valence-corrected chi connectivity index (χ4v) is 3.74. The van der Waals surface area contributed by atoms with E-state index in [1.165, 1.54) is 17.4 Å². The summed E-state index contributed by atoms with van der Waals surface area (Å²) in [5.74, 6) is -0.190. The first-order valence-corrected chi connectivity index (χ1v) is 9.49. The minimum absolute atomic E-state index is 0.186. The Labute approximate surface area is 163 Å². The number of carbonyl (C=O) groups excluding carboxylic acids is 1. The van der Waals surface area contributed by atoms with Crippen LogP contribution in [0.5, 0.6) is 0 Å². The van der Waals surface area contributed by atoms with Gasteiger partial charge in [0.15, 0.2) is 5.82 Å². The van der Waals surface area contributed by atoms with Crippen LogP contribution in [0.2, 0.25) is 5.02 Å². The first-order chi connectivity index (χ1) is 13.1. The van der Waals surface area contributed by atoms with Gasteiger partial charge in [-0.1, -0.05) is 29.8 Å². The van der Waals surface area contributed by atoms with Crippen molar-refractivity contribution in [2.45, 2.75) is 6.42 Å². The van der Waals surface area contributed by atoms with Crippen molar-refractivity contribution < 1.29 is 9.18 Å². The lowest BCUT2D eigenvalue weighted by atomic mass is 10.2. The Morgan fingerprint density at radius 1 is 1.22 bits per heavy atom. The highest BCUT2D eigenvalue weighted by atomic mass is 35.5. The number of benzene rings is 2. The maximum atomic E-state index is 13.9. The highest BCUT2D eigenvalue weighted by Gasteiger charge is 2.14. The van der Waals surface area contributed by atoms with Gasteiger partial charge in [0.25, 0.3) is 5.91 Å². The topological polar surface area (TPSA) is 59.3 Å². The predicted octanol–water partition coefficient (Wildman–Crippen LogP) is 4.22. The zero-order valence-electron chi connectivity index (χ0n) is 14.0. The van der Waals surface area contributed by atoms with Crippen molar-refractivity contribution in [3.63, 3.8) is 0 Å². The minimum Gasteiger partial charge on any atom is -0.352 e. The largest absolute Gasteiger partial charge is 0.352 e. The summed E-state index contributed by atoms with van der Waals surface area (Å²) in [6.07, 6.45) is 0.576. The molecule has 136 valence electrons. The molecule has 2 heterocycles. The van der Waals surface area contributed by atoms with Gasteiger partial charge >= 0.3 is 0 Å². The van der Waals surface area contributed by atoms with Gasteiger partial charge in [-0.15, -0.1) is 16.4 Å². The van der Waals surface area contributed by atoms with Crippen LogP contribution in [0.4, 0.5) is 4.39 Å². The summed E-state index contributed by atoms with van der Waals surface area (Å²) < 4.78 is 15.6. The molecule has 0 bridgehead atoms. The Hall–Kier alpha value is -2.77. The molecule has 0 aliphatic carbocycles. The van der Waals surface area contributed by atoms with E-state index in [0.717, 1.165) is 5.69 Å². The van der Waals surface area contributed by atoms with Crippen LogP contribution < -0.4 is 5.32 Å². The Morgan fingerprint density at radius 2 is 2.07 bits per heavy atom. The molecular formula is C19H14ClFN4OS. The minimum atomic E-state index is -0.355. The Kier molecular flexibility index (Phi) is 4.87. The normalized spacial score (nSPS) is 11.0. The molecule has 0 unspecified atom stereocenters. The number of rotatable bonds is 5. The van der Waals surface area contributed by atoms with Crippen molar-refractivity contribution in [1.29, 1.82) is 0 Å². The van der Waals surface area contributed by atoms with Crippen molar-refractivity contribution in [3.05, 3.63) is 76.0 Å². The van der Waals surface area contributed by atoms with Crippen LogP contribution in [0.15, 0.2) is 53.9 Å². The number of nitrogens with zero attached hydrogens (tertiary/aromatic N) is 3. The van der Waals surface area contributed by atoms with E-state index >= 15 is 0 Å². The molecule has 27 heavy (non-hydrogen) atoms. The molecule has 2 aromatic heterocycles. The van der Waals surface area contributed by atoms with Gasteiger partial charge in [-0.25, -0.2) is 8.91 Å². The van der Waals surface area contributed by atoms with E-state index < -0.39 is 0 Å². The lowest BCUT2D eigenvalue weighted by molar-refractivity contribution is 0.0954. The van der Waals surface area contributed by atoms with Crippen LogP contribution >= 0.6 is 22.9 Å². The predicted molar refractivity (Wildman–Crippen MR) is 104 cm³/mol. The Morgan fingerprint density at radius 3 is 2.89 bits per heavy atom. The average Bonchev–Trinajstić information content (AvgIpc) is 3.23. The van der Waals surface area contributed by atoms with Crippen LogP contribution in [-0.2, 0) is 6.42 Å². The number of thiazole rings is 1. The maximum Gasteiger partial charge on any atom is 0.251 e. The van der Waals surface area contributed by atoms with E-state index in [0.29, 0.717) is 39.9 Å². The Bertz CT molecular complexity index is 1120. The number of halogens is 2. The summed E-state index contributed by atoms with van der Waals surface area (Å²) in [7, 11) is 0. The third-order valence-electron chi connectivity index (χ3n) is 4.02. The van der Waals surface area contributed by atoms with Crippen molar-refractivity contribution in [2.24, 2.45) is 0 Å². The molecule has 1 N–H and O–H groups in total. The molecule has 4 aromatic rings. The molecule has 2 aromatic carbocycles. The average molecular weight is 401 g/mol. The molecule has 0 spiro atoms. The molecule has 8 heteroatoms. The molecule has 0 fully saturated rings. The third kappa shape index (κ3) is 3.70. The zero-order valence-corrected chi connectivity index (χ0v) is 15.6. The third-order valence-corrected chi connectivity index (χ3v) is 5.12. The molecule has 0 aliphatic rings. The number of fused-ring (bicyclic) bond motifs is 1. The maximum absolute atomic E-state index is 13.9.